The number of ether oxygens (including phenoxy) is 1. The minimum Gasteiger partial charge on any atom is -0.435 e. The van der Waals surface area contributed by atoms with Crippen LogP contribution in [0, 0.1) is 17.3 Å². The lowest BCUT2D eigenvalue weighted by molar-refractivity contribution is -0.221. The van der Waals surface area contributed by atoms with Crippen molar-refractivity contribution in [3.63, 3.8) is 0 Å². The quantitative estimate of drug-likeness (QED) is 0.527. The molecule has 4 heteroatoms. The van der Waals surface area contributed by atoms with Gasteiger partial charge in [-0.2, -0.15) is 0 Å². The molecular formula is C15H30O4. The van der Waals surface area contributed by atoms with Crippen LogP contribution in [0.5, 0.6) is 0 Å². The Hall–Kier alpha value is -0.610. The Labute approximate surface area is 117 Å². The summed E-state index contributed by atoms with van der Waals surface area (Å²) >= 11 is 0. The van der Waals surface area contributed by atoms with Gasteiger partial charge in [-0.25, -0.2) is 0 Å². The van der Waals surface area contributed by atoms with Gasteiger partial charge in [0, 0.05) is 0 Å². The molecule has 2 N–H and O–H groups in total. The maximum absolute atomic E-state index is 11.6. The van der Waals surface area contributed by atoms with E-state index >= 15 is 0 Å². The Bertz CT molecular complexity index is 271. The van der Waals surface area contributed by atoms with Crippen molar-refractivity contribution in [3.8, 4) is 0 Å². The van der Waals surface area contributed by atoms with Crippen LogP contribution in [0.25, 0.3) is 0 Å². The summed E-state index contributed by atoms with van der Waals surface area (Å²) in [5.74, 6) is -0.677. The van der Waals surface area contributed by atoms with Crippen LogP contribution in [-0.2, 0) is 9.53 Å². The van der Waals surface area contributed by atoms with Crippen LogP contribution in [0.15, 0.2) is 0 Å². The molecule has 0 aromatic rings. The van der Waals surface area contributed by atoms with E-state index in [-0.39, 0.29) is 11.8 Å². The molecule has 114 valence electrons. The molecule has 0 amide bonds. The predicted octanol–water partition coefficient (Wildman–Crippen LogP) is 2.72. The molecule has 0 fully saturated rings. The zero-order chi connectivity index (χ0) is 15.2. The van der Waals surface area contributed by atoms with Crippen LogP contribution in [0.1, 0.15) is 60.8 Å². The SMILES string of the molecule is CCC(C)C(O)C(CC)(CC)C(O)OC(=O)C(C)C. The van der Waals surface area contributed by atoms with E-state index in [0.717, 1.165) is 6.42 Å². The van der Waals surface area contributed by atoms with Gasteiger partial charge in [0.1, 0.15) is 0 Å². The van der Waals surface area contributed by atoms with E-state index in [1.807, 2.05) is 27.7 Å². The number of carbonyl (C=O) groups is 1. The molecule has 0 aliphatic heterocycles. The van der Waals surface area contributed by atoms with Crippen molar-refractivity contribution >= 4 is 5.97 Å². The number of aliphatic hydroxyl groups excluding tert-OH is 2. The van der Waals surface area contributed by atoms with E-state index in [2.05, 4.69) is 0 Å². The van der Waals surface area contributed by atoms with Crippen molar-refractivity contribution in [1.29, 1.82) is 0 Å². The molecule has 4 nitrogen and oxygen atoms in total. The number of carbonyl (C=O) groups excluding carboxylic acids is 1. The number of esters is 1. The van der Waals surface area contributed by atoms with Gasteiger partial charge in [0.2, 0.25) is 6.29 Å². The summed E-state index contributed by atoms with van der Waals surface area (Å²) in [7, 11) is 0. The van der Waals surface area contributed by atoms with Gasteiger partial charge in [0.15, 0.2) is 0 Å². The molecule has 0 aliphatic carbocycles. The topological polar surface area (TPSA) is 66.8 Å². The van der Waals surface area contributed by atoms with Crippen LogP contribution < -0.4 is 0 Å². The maximum atomic E-state index is 11.6. The molecule has 0 aromatic heterocycles. The molecule has 0 aliphatic rings. The second-order valence-corrected chi connectivity index (χ2v) is 5.71. The largest absolute Gasteiger partial charge is 0.435 e. The van der Waals surface area contributed by atoms with E-state index in [9.17, 15) is 15.0 Å². The first-order valence-electron chi connectivity index (χ1n) is 7.33. The van der Waals surface area contributed by atoms with Crippen LogP contribution in [0.4, 0.5) is 0 Å². The standard InChI is InChI=1S/C15H30O4/c1-7-11(6)12(16)15(8-2,9-3)14(18)19-13(17)10(4)5/h10-12,14,16,18H,7-9H2,1-6H3. The summed E-state index contributed by atoms with van der Waals surface area (Å²) in [4.78, 5) is 11.6. The second kappa shape index (κ2) is 7.85. The number of hydrogen-bond donors (Lipinski definition) is 2. The molecule has 3 unspecified atom stereocenters. The van der Waals surface area contributed by atoms with Crippen molar-refractivity contribution in [2.24, 2.45) is 17.3 Å². The lowest BCUT2D eigenvalue weighted by Gasteiger charge is -2.42. The highest BCUT2D eigenvalue weighted by atomic mass is 16.6. The average molecular weight is 274 g/mol. The summed E-state index contributed by atoms with van der Waals surface area (Å²) < 4.78 is 5.13. The van der Waals surface area contributed by atoms with Crippen molar-refractivity contribution < 1.29 is 19.7 Å². The highest BCUT2D eigenvalue weighted by molar-refractivity contribution is 5.71. The average Bonchev–Trinajstić information content (AvgIpc) is 2.39. The minimum absolute atomic E-state index is 0.0484. The van der Waals surface area contributed by atoms with Gasteiger partial charge in [-0.05, 0) is 18.8 Å². The predicted molar refractivity (Wildman–Crippen MR) is 75.4 cm³/mol. The molecule has 0 heterocycles. The highest BCUT2D eigenvalue weighted by Crippen LogP contribution is 2.39. The third-order valence-electron chi connectivity index (χ3n) is 4.28. The second-order valence-electron chi connectivity index (χ2n) is 5.71. The molecular weight excluding hydrogens is 244 g/mol. The number of rotatable bonds is 8. The zero-order valence-corrected chi connectivity index (χ0v) is 13.1. The fourth-order valence-electron chi connectivity index (χ4n) is 2.32. The third-order valence-corrected chi connectivity index (χ3v) is 4.28. The van der Waals surface area contributed by atoms with Crippen molar-refractivity contribution in [3.05, 3.63) is 0 Å². The number of hydrogen-bond acceptors (Lipinski definition) is 4. The zero-order valence-electron chi connectivity index (χ0n) is 13.1. The van der Waals surface area contributed by atoms with Crippen LogP contribution in [0.3, 0.4) is 0 Å². The molecule has 0 spiro atoms. The lowest BCUT2D eigenvalue weighted by atomic mass is 9.71. The Morgan fingerprint density at radius 3 is 1.89 bits per heavy atom. The first-order chi connectivity index (χ1) is 8.76. The van der Waals surface area contributed by atoms with Gasteiger partial charge in [-0.15, -0.1) is 0 Å². The Balaban J connectivity index is 5.11. The summed E-state index contributed by atoms with van der Waals surface area (Å²) in [5.41, 5.74) is -0.792. The van der Waals surface area contributed by atoms with Crippen LogP contribution in [-0.4, -0.2) is 28.6 Å². The fourth-order valence-corrected chi connectivity index (χ4v) is 2.32. The first kappa shape index (κ1) is 18.4. The van der Waals surface area contributed by atoms with Gasteiger partial charge in [0.25, 0.3) is 0 Å². The Morgan fingerprint density at radius 2 is 1.58 bits per heavy atom. The molecule has 0 rings (SSSR count). The monoisotopic (exact) mass is 274 g/mol. The number of aliphatic hydroxyl groups is 2. The molecule has 19 heavy (non-hydrogen) atoms. The maximum Gasteiger partial charge on any atom is 0.310 e. The third kappa shape index (κ3) is 4.18. The molecule has 0 bridgehead atoms. The normalized spacial score (nSPS) is 17.1. The summed E-state index contributed by atoms with van der Waals surface area (Å²) in [5, 5.41) is 20.8. The highest BCUT2D eigenvalue weighted by Gasteiger charge is 2.45. The van der Waals surface area contributed by atoms with Crippen molar-refractivity contribution in [2.45, 2.75) is 73.2 Å². The van der Waals surface area contributed by atoms with Gasteiger partial charge in [-0.1, -0.05) is 48.0 Å². The van der Waals surface area contributed by atoms with Gasteiger partial charge < -0.3 is 14.9 Å². The first-order valence-corrected chi connectivity index (χ1v) is 7.33. The Morgan fingerprint density at radius 1 is 1.11 bits per heavy atom. The molecule has 0 saturated carbocycles. The van der Waals surface area contributed by atoms with Crippen molar-refractivity contribution in [2.75, 3.05) is 0 Å². The molecule has 0 saturated heterocycles. The van der Waals surface area contributed by atoms with Crippen LogP contribution >= 0.6 is 0 Å². The van der Waals surface area contributed by atoms with E-state index in [1.54, 1.807) is 13.8 Å². The van der Waals surface area contributed by atoms with E-state index < -0.39 is 23.8 Å². The van der Waals surface area contributed by atoms with Gasteiger partial charge in [-0.3, -0.25) is 4.79 Å². The smallest absolute Gasteiger partial charge is 0.310 e. The summed E-state index contributed by atoms with van der Waals surface area (Å²) in [6, 6.07) is 0. The fraction of sp³-hybridized carbons (Fsp3) is 0.933. The minimum atomic E-state index is -1.26. The molecule has 3 atom stereocenters. The lowest BCUT2D eigenvalue weighted by Crippen LogP contribution is -2.49. The summed E-state index contributed by atoms with van der Waals surface area (Å²) in [6.07, 6.45) is -0.0273. The van der Waals surface area contributed by atoms with Gasteiger partial charge in [0.05, 0.1) is 17.4 Å². The summed E-state index contributed by atoms with van der Waals surface area (Å²) in [6.45, 7) is 11.2. The van der Waals surface area contributed by atoms with Crippen LogP contribution in [0.2, 0.25) is 0 Å². The molecule has 0 aromatic carbocycles. The van der Waals surface area contributed by atoms with E-state index in [4.69, 9.17) is 4.74 Å². The molecule has 0 radical (unpaired) electrons. The van der Waals surface area contributed by atoms with E-state index in [1.165, 1.54) is 0 Å². The van der Waals surface area contributed by atoms with Crippen molar-refractivity contribution in [1.82, 2.24) is 0 Å². The van der Waals surface area contributed by atoms with Gasteiger partial charge >= 0.3 is 5.97 Å². The Kier molecular flexibility index (Phi) is 7.60. The van der Waals surface area contributed by atoms with E-state index in [0.29, 0.717) is 12.8 Å².